The molecule has 2 aromatic heterocycles. The zero-order valence-electron chi connectivity index (χ0n) is 12.9. The first-order valence-corrected chi connectivity index (χ1v) is 8.34. The van der Waals surface area contributed by atoms with Crippen molar-refractivity contribution in [2.75, 3.05) is 0 Å². The maximum Gasteiger partial charge on any atom is 0.295 e. The predicted molar refractivity (Wildman–Crippen MR) is 98.7 cm³/mol. The van der Waals surface area contributed by atoms with Crippen LogP contribution in [0.15, 0.2) is 65.6 Å². The summed E-state index contributed by atoms with van der Waals surface area (Å²) >= 11 is 12.6. The molecule has 0 amide bonds. The van der Waals surface area contributed by atoms with E-state index in [0.29, 0.717) is 27.8 Å². The molecule has 0 atom stereocenters. The van der Waals surface area contributed by atoms with E-state index < -0.39 is 0 Å². The third-order valence-corrected chi connectivity index (χ3v) is 4.57. The number of para-hydroxylation sites is 1. The van der Waals surface area contributed by atoms with Gasteiger partial charge in [0.05, 0.1) is 28.8 Å². The average molecular weight is 371 g/mol. The first-order chi connectivity index (χ1) is 12.1. The fourth-order valence-corrected chi connectivity index (χ4v) is 3.12. The van der Waals surface area contributed by atoms with Crippen molar-refractivity contribution in [2.45, 2.75) is 6.54 Å². The molecule has 0 unspecified atom stereocenters. The van der Waals surface area contributed by atoms with Crippen molar-refractivity contribution in [1.82, 2.24) is 19.6 Å². The van der Waals surface area contributed by atoms with Gasteiger partial charge in [-0.05, 0) is 17.7 Å². The number of fused-ring (bicyclic) bond motifs is 1. The van der Waals surface area contributed by atoms with E-state index >= 15 is 0 Å². The Morgan fingerprint density at radius 3 is 2.44 bits per heavy atom. The largest absolute Gasteiger partial charge is 0.295 e. The van der Waals surface area contributed by atoms with Crippen molar-refractivity contribution in [3.63, 3.8) is 0 Å². The molecule has 0 fully saturated rings. The van der Waals surface area contributed by atoms with Crippen molar-refractivity contribution >= 4 is 34.1 Å². The molecule has 0 radical (unpaired) electrons. The zero-order chi connectivity index (χ0) is 17.4. The molecule has 25 heavy (non-hydrogen) atoms. The van der Waals surface area contributed by atoms with Crippen molar-refractivity contribution in [1.29, 1.82) is 0 Å². The number of nitrogens with zero attached hydrogens (tertiary/aromatic N) is 4. The van der Waals surface area contributed by atoms with Crippen LogP contribution >= 0.6 is 23.2 Å². The van der Waals surface area contributed by atoms with E-state index in [1.54, 1.807) is 18.3 Å². The quantitative estimate of drug-likeness (QED) is 0.548. The van der Waals surface area contributed by atoms with Gasteiger partial charge in [-0.1, -0.05) is 65.7 Å². The molecule has 0 aliphatic carbocycles. The normalized spacial score (nSPS) is 11.1. The summed E-state index contributed by atoms with van der Waals surface area (Å²) in [5.41, 5.74) is 1.55. The summed E-state index contributed by atoms with van der Waals surface area (Å²) < 4.78 is 2.84. The van der Waals surface area contributed by atoms with Gasteiger partial charge in [0.15, 0.2) is 5.52 Å². The highest BCUT2D eigenvalue weighted by Crippen LogP contribution is 2.27. The second-order valence-electron chi connectivity index (χ2n) is 5.51. The predicted octanol–water partition coefficient (Wildman–Crippen LogP) is 3.94. The molecule has 5 nitrogen and oxygen atoms in total. The van der Waals surface area contributed by atoms with Gasteiger partial charge >= 0.3 is 0 Å². The standard InChI is InChI=1S/C18H12Cl2N4O/c19-14-8-4-5-9-15(14)24-17(20)13-10-21-23(18(25)16(13)22-24)11-12-6-2-1-3-7-12/h1-10H,11H2. The van der Waals surface area contributed by atoms with E-state index in [4.69, 9.17) is 23.2 Å². The van der Waals surface area contributed by atoms with Crippen LogP contribution in [0, 0.1) is 0 Å². The summed E-state index contributed by atoms with van der Waals surface area (Å²) in [6.07, 6.45) is 1.56. The lowest BCUT2D eigenvalue weighted by Crippen LogP contribution is -2.23. The van der Waals surface area contributed by atoms with Crippen LogP contribution in [0.2, 0.25) is 10.2 Å². The molecule has 7 heteroatoms. The van der Waals surface area contributed by atoms with Gasteiger partial charge in [-0.3, -0.25) is 4.79 Å². The zero-order valence-corrected chi connectivity index (χ0v) is 14.4. The van der Waals surface area contributed by atoms with Gasteiger partial charge in [-0.25, -0.2) is 9.36 Å². The second-order valence-corrected chi connectivity index (χ2v) is 6.27. The number of rotatable bonds is 3. The lowest BCUT2D eigenvalue weighted by atomic mass is 10.2. The lowest BCUT2D eigenvalue weighted by Gasteiger charge is -2.04. The molecule has 2 aromatic carbocycles. The maximum absolute atomic E-state index is 12.7. The summed E-state index contributed by atoms with van der Waals surface area (Å²) in [5.74, 6) is 0. The molecule has 0 aliphatic heterocycles. The molecule has 124 valence electrons. The molecule has 2 heterocycles. The van der Waals surface area contributed by atoms with E-state index in [1.807, 2.05) is 42.5 Å². The Balaban J connectivity index is 1.86. The highest BCUT2D eigenvalue weighted by molar-refractivity contribution is 6.35. The average Bonchev–Trinajstić information content (AvgIpc) is 2.96. The Morgan fingerprint density at radius 2 is 1.68 bits per heavy atom. The van der Waals surface area contributed by atoms with E-state index in [2.05, 4.69) is 10.2 Å². The van der Waals surface area contributed by atoms with Crippen LogP contribution in [0.4, 0.5) is 0 Å². The molecule has 0 saturated carbocycles. The molecular weight excluding hydrogens is 359 g/mol. The van der Waals surface area contributed by atoms with E-state index in [1.165, 1.54) is 9.36 Å². The monoisotopic (exact) mass is 370 g/mol. The van der Waals surface area contributed by atoms with Gasteiger partial charge in [0.25, 0.3) is 5.56 Å². The van der Waals surface area contributed by atoms with Crippen LogP contribution in [-0.2, 0) is 6.54 Å². The SMILES string of the molecule is O=c1c2nn(-c3ccccc3Cl)c(Cl)c2cnn1Cc1ccccc1. The Labute approximate surface area is 153 Å². The van der Waals surface area contributed by atoms with Gasteiger partial charge in [-0.2, -0.15) is 10.2 Å². The number of aromatic nitrogens is 4. The van der Waals surface area contributed by atoms with Crippen molar-refractivity contribution < 1.29 is 0 Å². The number of hydrogen-bond acceptors (Lipinski definition) is 3. The van der Waals surface area contributed by atoms with E-state index in [9.17, 15) is 4.79 Å². The van der Waals surface area contributed by atoms with Gasteiger partial charge in [0.2, 0.25) is 0 Å². The second kappa shape index (κ2) is 6.35. The Bertz CT molecular complexity index is 1120. The molecule has 0 bridgehead atoms. The van der Waals surface area contributed by atoms with Gasteiger partial charge in [-0.15, -0.1) is 0 Å². The molecule has 4 rings (SSSR count). The third-order valence-electron chi connectivity index (χ3n) is 3.88. The lowest BCUT2D eigenvalue weighted by molar-refractivity contribution is 0.645. The molecule has 0 spiro atoms. The minimum atomic E-state index is -0.297. The van der Waals surface area contributed by atoms with Crippen molar-refractivity contribution in [2.24, 2.45) is 0 Å². The Morgan fingerprint density at radius 1 is 0.960 bits per heavy atom. The molecule has 0 saturated heterocycles. The van der Waals surface area contributed by atoms with Crippen molar-refractivity contribution in [3.8, 4) is 5.69 Å². The number of halogens is 2. The summed E-state index contributed by atoms with van der Waals surface area (Å²) in [4.78, 5) is 12.7. The first-order valence-electron chi connectivity index (χ1n) is 7.58. The summed E-state index contributed by atoms with van der Waals surface area (Å²) in [6.45, 7) is 0.367. The van der Waals surface area contributed by atoms with E-state index in [-0.39, 0.29) is 11.1 Å². The third kappa shape index (κ3) is 2.81. The minimum absolute atomic E-state index is 0.260. The van der Waals surface area contributed by atoms with Crippen LogP contribution in [-0.4, -0.2) is 19.6 Å². The van der Waals surface area contributed by atoms with E-state index in [0.717, 1.165) is 5.56 Å². The first kappa shape index (κ1) is 15.9. The molecular formula is C18H12Cl2N4O. The molecule has 0 aliphatic rings. The fourth-order valence-electron chi connectivity index (χ4n) is 2.64. The highest BCUT2D eigenvalue weighted by Gasteiger charge is 2.17. The van der Waals surface area contributed by atoms with Crippen LogP contribution in [0.25, 0.3) is 16.6 Å². The fraction of sp³-hybridized carbons (Fsp3) is 0.0556. The maximum atomic E-state index is 12.7. The van der Waals surface area contributed by atoms with Crippen LogP contribution in [0.5, 0.6) is 0 Å². The highest BCUT2D eigenvalue weighted by atomic mass is 35.5. The summed E-state index contributed by atoms with van der Waals surface area (Å²) in [6, 6.07) is 16.8. The number of hydrogen-bond donors (Lipinski definition) is 0. The Hall–Kier alpha value is -2.63. The van der Waals surface area contributed by atoms with Gasteiger partial charge < -0.3 is 0 Å². The van der Waals surface area contributed by atoms with Crippen LogP contribution in [0.3, 0.4) is 0 Å². The van der Waals surface area contributed by atoms with Crippen LogP contribution < -0.4 is 5.56 Å². The summed E-state index contributed by atoms with van der Waals surface area (Å²) in [5, 5.41) is 9.89. The molecule has 4 aromatic rings. The minimum Gasteiger partial charge on any atom is -0.265 e. The van der Waals surface area contributed by atoms with Crippen molar-refractivity contribution in [3.05, 3.63) is 86.9 Å². The smallest absolute Gasteiger partial charge is 0.265 e. The number of benzene rings is 2. The summed E-state index contributed by atoms with van der Waals surface area (Å²) in [7, 11) is 0. The Kier molecular flexibility index (Phi) is 4.03. The van der Waals surface area contributed by atoms with Gasteiger partial charge in [0.1, 0.15) is 5.15 Å². The molecule has 0 N–H and O–H groups in total. The van der Waals surface area contributed by atoms with Crippen LogP contribution in [0.1, 0.15) is 5.56 Å². The topological polar surface area (TPSA) is 52.7 Å². The van der Waals surface area contributed by atoms with Gasteiger partial charge in [0, 0.05) is 0 Å².